The van der Waals surface area contributed by atoms with Gasteiger partial charge in [-0.15, -0.1) is 0 Å². The molecule has 8 heteroatoms. The molecule has 0 unspecified atom stereocenters. The molecule has 0 aliphatic heterocycles. The molecule has 0 radical (unpaired) electrons. The minimum Gasteiger partial charge on any atom is -0.495 e. The van der Waals surface area contributed by atoms with Crippen LogP contribution in [0.1, 0.15) is 6.92 Å². The summed E-state index contributed by atoms with van der Waals surface area (Å²) in [5.74, 6) is -0.650. The number of hydrogen-bond acceptors (Lipinski definition) is 4. The smallest absolute Gasteiger partial charge is 0.245 e. The molecule has 0 bridgehead atoms. The van der Waals surface area contributed by atoms with Crippen LogP contribution in [0.5, 0.6) is 5.75 Å². The summed E-state index contributed by atoms with van der Waals surface area (Å²) in [6, 6.07) is 3.12. The molecule has 1 aromatic rings. The number of nitrogens with one attached hydrogen (secondary N) is 1. The lowest BCUT2D eigenvalue weighted by molar-refractivity contribution is -0.119. The van der Waals surface area contributed by atoms with Crippen LogP contribution in [-0.4, -0.2) is 27.5 Å². The summed E-state index contributed by atoms with van der Waals surface area (Å²) in [4.78, 5) is 10.7. The summed E-state index contributed by atoms with van der Waals surface area (Å²) < 4.78 is 31.1. The zero-order chi connectivity index (χ0) is 13.9. The van der Waals surface area contributed by atoms with Gasteiger partial charge < -0.3 is 10.5 Å². The van der Waals surface area contributed by atoms with Crippen LogP contribution in [-0.2, 0) is 14.8 Å². The molecule has 0 spiro atoms. The van der Waals surface area contributed by atoms with E-state index in [1.807, 2.05) is 0 Å². The zero-order valence-electron chi connectivity index (χ0n) is 9.81. The summed E-state index contributed by atoms with van der Waals surface area (Å²) in [5, 5.41) is 0.239. The Kier molecular flexibility index (Phi) is 4.55. The van der Waals surface area contributed by atoms with E-state index in [0.717, 1.165) is 0 Å². The molecule has 3 N–H and O–H groups in total. The van der Waals surface area contributed by atoms with Gasteiger partial charge in [-0.05, 0) is 25.1 Å². The number of methoxy groups -OCH3 is 1. The molecule has 18 heavy (non-hydrogen) atoms. The maximum absolute atomic E-state index is 12.0. The summed E-state index contributed by atoms with van der Waals surface area (Å²) in [5.41, 5.74) is 5.00. The summed E-state index contributed by atoms with van der Waals surface area (Å²) in [7, 11) is -2.60. The van der Waals surface area contributed by atoms with Crippen molar-refractivity contribution in [2.24, 2.45) is 5.73 Å². The minimum atomic E-state index is -3.93. The molecule has 1 rings (SSSR count). The van der Waals surface area contributed by atoms with Gasteiger partial charge in [-0.2, -0.15) is 4.72 Å². The highest BCUT2D eigenvalue weighted by molar-refractivity contribution is 7.89. The molecule has 0 aliphatic carbocycles. The predicted molar refractivity (Wildman–Crippen MR) is 67.0 cm³/mol. The van der Waals surface area contributed by atoms with Gasteiger partial charge >= 0.3 is 0 Å². The van der Waals surface area contributed by atoms with E-state index in [4.69, 9.17) is 22.1 Å². The fourth-order valence-corrected chi connectivity index (χ4v) is 2.86. The van der Waals surface area contributed by atoms with Crippen molar-refractivity contribution in [3.05, 3.63) is 23.2 Å². The Labute approximate surface area is 110 Å². The van der Waals surface area contributed by atoms with E-state index in [0.29, 0.717) is 0 Å². The Hall–Kier alpha value is -1.31. The number of primary amides is 1. The van der Waals surface area contributed by atoms with Gasteiger partial charge in [0.25, 0.3) is 0 Å². The van der Waals surface area contributed by atoms with Crippen molar-refractivity contribution in [1.29, 1.82) is 0 Å². The number of amides is 1. The highest BCUT2D eigenvalue weighted by Crippen LogP contribution is 2.26. The number of ether oxygens (including phenoxy) is 1. The van der Waals surface area contributed by atoms with Gasteiger partial charge in [-0.3, -0.25) is 4.79 Å². The van der Waals surface area contributed by atoms with Crippen molar-refractivity contribution in [1.82, 2.24) is 4.72 Å². The van der Waals surface area contributed by atoms with Crippen LogP contribution >= 0.6 is 11.6 Å². The van der Waals surface area contributed by atoms with Crippen LogP contribution in [0, 0.1) is 0 Å². The number of halogens is 1. The number of hydrogen-bond donors (Lipinski definition) is 2. The van der Waals surface area contributed by atoms with E-state index in [1.54, 1.807) is 0 Å². The first-order chi connectivity index (χ1) is 8.27. The molecule has 6 nitrogen and oxygen atoms in total. The fraction of sp³-hybridized carbons (Fsp3) is 0.300. The lowest BCUT2D eigenvalue weighted by Gasteiger charge is -2.13. The molecule has 0 aromatic heterocycles. The number of nitrogens with two attached hydrogens (primary N) is 1. The van der Waals surface area contributed by atoms with Crippen molar-refractivity contribution in [2.45, 2.75) is 17.9 Å². The molecular weight excluding hydrogens is 280 g/mol. The Morgan fingerprint density at radius 2 is 2.11 bits per heavy atom. The fourth-order valence-electron chi connectivity index (χ4n) is 1.21. The Morgan fingerprint density at radius 3 is 2.61 bits per heavy atom. The second kappa shape index (κ2) is 5.55. The third kappa shape index (κ3) is 3.34. The largest absolute Gasteiger partial charge is 0.495 e. The Balaban J connectivity index is 3.19. The monoisotopic (exact) mass is 292 g/mol. The Morgan fingerprint density at radius 1 is 1.50 bits per heavy atom. The topological polar surface area (TPSA) is 98.5 Å². The first kappa shape index (κ1) is 14.7. The summed E-state index contributed by atoms with van der Waals surface area (Å²) in [6.45, 7) is 1.34. The van der Waals surface area contributed by atoms with Gasteiger partial charge in [-0.25, -0.2) is 8.42 Å². The van der Waals surface area contributed by atoms with Gasteiger partial charge in [0, 0.05) is 5.02 Å². The SMILES string of the molecule is COc1ccc(Cl)cc1S(=O)(=O)N[C@H](C)C(N)=O. The minimum absolute atomic E-state index is 0.128. The van der Waals surface area contributed by atoms with Crippen LogP contribution in [0.3, 0.4) is 0 Å². The molecule has 100 valence electrons. The molecule has 1 amide bonds. The molecule has 0 aliphatic rings. The first-order valence-electron chi connectivity index (χ1n) is 4.93. The molecular formula is C10H13ClN2O4S. The van der Waals surface area contributed by atoms with Crippen LogP contribution < -0.4 is 15.2 Å². The molecule has 0 fully saturated rings. The van der Waals surface area contributed by atoms with Crippen LogP contribution in [0.25, 0.3) is 0 Å². The van der Waals surface area contributed by atoms with Gasteiger partial charge in [0.05, 0.1) is 13.2 Å². The van der Waals surface area contributed by atoms with E-state index in [1.165, 1.54) is 32.2 Å². The second-order valence-electron chi connectivity index (χ2n) is 3.54. The van der Waals surface area contributed by atoms with Gasteiger partial charge in [0.1, 0.15) is 10.6 Å². The zero-order valence-corrected chi connectivity index (χ0v) is 11.4. The molecule has 1 aromatic carbocycles. The Bertz CT molecular complexity index is 559. The van der Waals surface area contributed by atoms with Crippen molar-refractivity contribution >= 4 is 27.5 Å². The summed E-state index contributed by atoms with van der Waals surface area (Å²) >= 11 is 5.74. The molecule has 1 atom stereocenters. The second-order valence-corrected chi connectivity index (χ2v) is 5.66. The van der Waals surface area contributed by atoms with Crippen molar-refractivity contribution in [3.63, 3.8) is 0 Å². The van der Waals surface area contributed by atoms with Crippen LogP contribution in [0.2, 0.25) is 5.02 Å². The van der Waals surface area contributed by atoms with Gasteiger partial charge in [-0.1, -0.05) is 11.6 Å². The number of carbonyl (C=O) groups is 1. The highest BCUT2D eigenvalue weighted by Gasteiger charge is 2.24. The van der Waals surface area contributed by atoms with Crippen LogP contribution in [0.4, 0.5) is 0 Å². The maximum atomic E-state index is 12.0. The standard InChI is InChI=1S/C10H13ClN2O4S/c1-6(10(12)14)13-18(15,16)9-5-7(11)3-4-8(9)17-2/h3-6,13H,1-2H3,(H2,12,14)/t6-/m1/s1. The van der Waals surface area contributed by atoms with Crippen molar-refractivity contribution in [2.75, 3.05) is 7.11 Å². The van der Waals surface area contributed by atoms with E-state index < -0.39 is 22.0 Å². The van der Waals surface area contributed by atoms with E-state index >= 15 is 0 Å². The van der Waals surface area contributed by atoms with Gasteiger partial charge in [0.2, 0.25) is 15.9 Å². The van der Waals surface area contributed by atoms with Gasteiger partial charge in [0.15, 0.2) is 0 Å². The first-order valence-corrected chi connectivity index (χ1v) is 6.79. The quantitative estimate of drug-likeness (QED) is 0.825. The van der Waals surface area contributed by atoms with Crippen molar-refractivity contribution in [3.8, 4) is 5.75 Å². The van der Waals surface area contributed by atoms with E-state index in [2.05, 4.69) is 4.72 Å². The average Bonchev–Trinajstić information content (AvgIpc) is 2.28. The highest BCUT2D eigenvalue weighted by atomic mass is 35.5. The lowest BCUT2D eigenvalue weighted by atomic mass is 10.3. The number of carbonyl (C=O) groups excluding carboxylic acids is 1. The van der Waals surface area contributed by atoms with E-state index in [-0.39, 0.29) is 15.7 Å². The molecule has 0 saturated carbocycles. The van der Waals surface area contributed by atoms with E-state index in [9.17, 15) is 13.2 Å². The molecule has 0 saturated heterocycles. The lowest BCUT2D eigenvalue weighted by Crippen LogP contribution is -2.42. The summed E-state index contributed by atoms with van der Waals surface area (Å²) in [6.07, 6.45) is 0. The maximum Gasteiger partial charge on any atom is 0.245 e. The number of rotatable bonds is 5. The third-order valence-corrected chi connectivity index (χ3v) is 3.97. The normalized spacial score (nSPS) is 13.1. The third-order valence-electron chi connectivity index (χ3n) is 2.17. The average molecular weight is 293 g/mol. The van der Waals surface area contributed by atoms with Crippen molar-refractivity contribution < 1.29 is 17.9 Å². The number of benzene rings is 1. The van der Waals surface area contributed by atoms with Crippen LogP contribution in [0.15, 0.2) is 23.1 Å². The predicted octanol–water partition coefficient (Wildman–Crippen LogP) is 0.501. The molecule has 0 heterocycles. The number of sulfonamides is 1.